The van der Waals surface area contributed by atoms with E-state index in [0.717, 1.165) is 49.2 Å². The van der Waals surface area contributed by atoms with Gasteiger partial charge in [0, 0.05) is 44.3 Å². The molecule has 4 nitrogen and oxygen atoms in total. The van der Waals surface area contributed by atoms with Crippen molar-refractivity contribution < 1.29 is 4.79 Å². The third kappa shape index (κ3) is 3.79. The summed E-state index contributed by atoms with van der Waals surface area (Å²) in [7, 11) is 0. The van der Waals surface area contributed by atoms with Crippen LogP contribution in [0.3, 0.4) is 0 Å². The molecule has 30 heavy (non-hydrogen) atoms. The molecule has 1 amide bonds. The predicted molar refractivity (Wildman–Crippen MR) is 121 cm³/mol. The number of nitrogens with zero attached hydrogens (tertiary/aromatic N) is 3. The molecule has 1 aromatic heterocycles. The SMILES string of the molecule is O=C(Cc1cccc2cccnc12)N1CCN(Cc2cccc3ccccc23)CC1. The van der Waals surface area contributed by atoms with Crippen molar-refractivity contribution in [3.63, 3.8) is 0 Å². The van der Waals surface area contributed by atoms with Gasteiger partial charge in [0.1, 0.15) is 0 Å². The van der Waals surface area contributed by atoms with E-state index < -0.39 is 0 Å². The van der Waals surface area contributed by atoms with Crippen LogP contribution < -0.4 is 0 Å². The number of carbonyl (C=O) groups is 1. The Balaban J connectivity index is 1.23. The molecule has 1 fully saturated rings. The number of pyridine rings is 1. The van der Waals surface area contributed by atoms with E-state index in [9.17, 15) is 4.79 Å². The molecule has 1 aliphatic heterocycles. The average Bonchev–Trinajstić information content (AvgIpc) is 2.80. The highest BCUT2D eigenvalue weighted by Gasteiger charge is 2.22. The normalized spacial score (nSPS) is 15.0. The summed E-state index contributed by atoms with van der Waals surface area (Å²) in [4.78, 5) is 21.9. The Morgan fingerprint density at radius 3 is 2.33 bits per heavy atom. The van der Waals surface area contributed by atoms with Crippen LogP contribution in [0.4, 0.5) is 0 Å². The van der Waals surface area contributed by atoms with Crippen LogP contribution in [-0.4, -0.2) is 46.9 Å². The van der Waals surface area contributed by atoms with Crippen molar-refractivity contribution in [1.29, 1.82) is 0 Å². The maximum Gasteiger partial charge on any atom is 0.227 e. The van der Waals surface area contributed by atoms with Crippen LogP contribution >= 0.6 is 0 Å². The van der Waals surface area contributed by atoms with Gasteiger partial charge in [-0.1, -0.05) is 66.7 Å². The summed E-state index contributed by atoms with van der Waals surface area (Å²) < 4.78 is 0. The van der Waals surface area contributed by atoms with Gasteiger partial charge in [-0.3, -0.25) is 14.7 Å². The molecule has 4 heteroatoms. The lowest BCUT2D eigenvalue weighted by molar-refractivity contribution is -0.132. The summed E-state index contributed by atoms with van der Waals surface area (Å²) in [6.07, 6.45) is 2.21. The molecular weight excluding hydrogens is 370 g/mol. The Labute approximate surface area is 176 Å². The van der Waals surface area contributed by atoms with Crippen molar-refractivity contribution in [2.75, 3.05) is 26.2 Å². The number of benzene rings is 3. The second kappa shape index (κ2) is 8.25. The number of hydrogen-bond donors (Lipinski definition) is 0. The van der Waals surface area contributed by atoms with Crippen LogP contribution in [-0.2, 0) is 17.8 Å². The molecule has 150 valence electrons. The number of fused-ring (bicyclic) bond motifs is 2. The zero-order chi connectivity index (χ0) is 20.3. The van der Waals surface area contributed by atoms with Gasteiger partial charge in [-0.25, -0.2) is 0 Å². The quantitative estimate of drug-likeness (QED) is 0.518. The molecule has 0 spiro atoms. The fraction of sp³-hybridized carbons (Fsp3) is 0.231. The smallest absolute Gasteiger partial charge is 0.227 e. The first kappa shape index (κ1) is 18.8. The van der Waals surface area contributed by atoms with Crippen molar-refractivity contribution in [2.45, 2.75) is 13.0 Å². The lowest BCUT2D eigenvalue weighted by Gasteiger charge is -2.35. The van der Waals surface area contributed by atoms with Gasteiger partial charge in [-0.15, -0.1) is 0 Å². The zero-order valence-corrected chi connectivity index (χ0v) is 17.0. The molecule has 0 atom stereocenters. The number of rotatable bonds is 4. The van der Waals surface area contributed by atoms with E-state index in [0.29, 0.717) is 6.42 Å². The maximum atomic E-state index is 12.9. The Morgan fingerprint density at radius 1 is 0.767 bits per heavy atom. The summed E-state index contributed by atoms with van der Waals surface area (Å²) in [5.74, 6) is 0.193. The largest absolute Gasteiger partial charge is 0.340 e. The standard InChI is InChI=1S/C26H25N3O/c30-25(18-22-9-4-8-21-11-5-13-27-26(21)22)29-16-14-28(15-17-29)19-23-10-3-7-20-6-1-2-12-24(20)23/h1-13H,14-19H2. The van der Waals surface area contributed by atoms with Crippen LogP contribution in [0.25, 0.3) is 21.7 Å². The van der Waals surface area contributed by atoms with E-state index in [1.807, 2.05) is 35.2 Å². The molecule has 1 saturated heterocycles. The molecule has 0 aliphatic carbocycles. The van der Waals surface area contributed by atoms with Crippen molar-refractivity contribution in [1.82, 2.24) is 14.8 Å². The lowest BCUT2D eigenvalue weighted by Crippen LogP contribution is -2.48. The first-order chi connectivity index (χ1) is 14.8. The molecular formula is C26H25N3O. The van der Waals surface area contributed by atoms with Crippen molar-refractivity contribution in [3.8, 4) is 0 Å². The lowest BCUT2D eigenvalue weighted by atomic mass is 10.0. The van der Waals surface area contributed by atoms with Crippen LogP contribution in [0.15, 0.2) is 79.0 Å². The van der Waals surface area contributed by atoms with E-state index in [1.54, 1.807) is 6.20 Å². The van der Waals surface area contributed by atoms with E-state index in [4.69, 9.17) is 0 Å². The van der Waals surface area contributed by atoms with E-state index in [1.165, 1.54) is 16.3 Å². The highest BCUT2D eigenvalue weighted by molar-refractivity contribution is 5.88. The summed E-state index contributed by atoms with van der Waals surface area (Å²) in [5.41, 5.74) is 3.30. The highest BCUT2D eigenvalue weighted by atomic mass is 16.2. The summed E-state index contributed by atoms with van der Waals surface area (Å²) in [6.45, 7) is 4.30. The van der Waals surface area contributed by atoms with Gasteiger partial charge in [0.05, 0.1) is 11.9 Å². The second-order valence-electron chi connectivity index (χ2n) is 7.96. The molecule has 0 bridgehead atoms. The minimum atomic E-state index is 0.193. The number of para-hydroxylation sites is 1. The zero-order valence-electron chi connectivity index (χ0n) is 17.0. The molecule has 0 N–H and O–H groups in total. The molecule has 3 aromatic carbocycles. The first-order valence-electron chi connectivity index (χ1n) is 10.6. The number of piperazine rings is 1. The van der Waals surface area contributed by atoms with Crippen molar-refractivity contribution in [2.24, 2.45) is 0 Å². The van der Waals surface area contributed by atoms with Gasteiger partial charge in [0.2, 0.25) is 5.91 Å². The molecule has 0 unspecified atom stereocenters. The molecule has 5 rings (SSSR count). The third-order valence-electron chi connectivity index (χ3n) is 6.06. The third-order valence-corrected chi connectivity index (χ3v) is 6.06. The Hall–Kier alpha value is -3.24. The highest BCUT2D eigenvalue weighted by Crippen LogP contribution is 2.21. The Bertz CT molecular complexity index is 1180. The monoisotopic (exact) mass is 395 g/mol. The van der Waals surface area contributed by atoms with Gasteiger partial charge >= 0.3 is 0 Å². The summed E-state index contributed by atoms with van der Waals surface area (Å²) in [6, 6.07) is 25.1. The number of aromatic nitrogens is 1. The molecule has 4 aromatic rings. The van der Waals surface area contributed by atoms with Crippen LogP contribution in [0.2, 0.25) is 0 Å². The van der Waals surface area contributed by atoms with Gasteiger partial charge < -0.3 is 4.90 Å². The number of hydrogen-bond acceptors (Lipinski definition) is 3. The maximum absolute atomic E-state index is 12.9. The molecule has 1 aliphatic rings. The van der Waals surface area contributed by atoms with Gasteiger partial charge in [0.15, 0.2) is 0 Å². The number of amides is 1. The number of carbonyl (C=O) groups excluding carboxylic acids is 1. The molecule has 2 heterocycles. The molecule has 0 radical (unpaired) electrons. The summed E-state index contributed by atoms with van der Waals surface area (Å²) >= 11 is 0. The average molecular weight is 396 g/mol. The topological polar surface area (TPSA) is 36.4 Å². The van der Waals surface area contributed by atoms with Crippen LogP contribution in [0.1, 0.15) is 11.1 Å². The van der Waals surface area contributed by atoms with E-state index in [2.05, 4.69) is 52.3 Å². The fourth-order valence-corrected chi connectivity index (χ4v) is 4.41. The van der Waals surface area contributed by atoms with Gasteiger partial charge in [0.25, 0.3) is 0 Å². The first-order valence-corrected chi connectivity index (χ1v) is 10.6. The molecule has 0 saturated carbocycles. The van der Waals surface area contributed by atoms with Crippen molar-refractivity contribution in [3.05, 3.63) is 90.1 Å². The van der Waals surface area contributed by atoms with Gasteiger partial charge in [-0.05, 0) is 28.0 Å². The summed E-state index contributed by atoms with van der Waals surface area (Å²) in [5, 5.41) is 3.69. The van der Waals surface area contributed by atoms with Crippen LogP contribution in [0.5, 0.6) is 0 Å². The minimum absolute atomic E-state index is 0.193. The van der Waals surface area contributed by atoms with E-state index >= 15 is 0 Å². The van der Waals surface area contributed by atoms with E-state index in [-0.39, 0.29) is 5.91 Å². The predicted octanol–water partition coefficient (Wildman–Crippen LogP) is 4.27. The second-order valence-corrected chi connectivity index (χ2v) is 7.96. The fourth-order valence-electron chi connectivity index (χ4n) is 4.41. The van der Waals surface area contributed by atoms with Gasteiger partial charge in [-0.2, -0.15) is 0 Å². The van der Waals surface area contributed by atoms with Crippen molar-refractivity contribution >= 4 is 27.6 Å². The minimum Gasteiger partial charge on any atom is -0.340 e. The van der Waals surface area contributed by atoms with Crippen LogP contribution in [0, 0.1) is 0 Å². The Morgan fingerprint density at radius 2 is 1.47 bits per heavy atom. The Kier molecular flexibility index (Phi) is 5.16.